The maximum Gasteiger partial charge on any atom is 0.0931 e. The number of thiophene rings is 1. The van der Waals surface area contributed by atoms with E-state index in [0.717, 1.165) is 21.5 Å². The molecule has 0 aliphatic rings. The average Bonchev–Trinajstić information content (AvgIpc) is 2.82. The lowest BCUT2D eigenvalue weighted by Crippen LogP contribution is -2.29. The van der Waals surface area contributed by atoms with Crippen LogP contribution in [-0.4, -0.2) is 4.98 Å². The van der Waals surface area contributed by atoms with Crippen LogP contribution in [0.4, 0.5) is 0 Å². The SMILES string of the molecule is Cc1nc(C)c(C(Cc2ccc(Cl)s2)NN)s1. The first-order valence-corrected chi connectivity index (χ1v) is 7.25. The van der Waals surface area contributed by atoms with E-state index >= 15 is 0 Å². The first-order valence-electron chi connectivity index (χ1n) is 5.24. The van der Waals surface area contributed by atoms with Crippen LogP contribution < -0.4 is 11.3 Å². The maximum absolute atomic E-state index is 5.93. The molecule has 2 aromatic heterocycles. The van der Waals surface area contributed by atoms with Crippen LogP contribution in [-0.2, 0) is 6.42 Å². The summed E-state index contributed by atoms with van der Waals surface area (Å²) in [6, 6.07) is 4.07. The summed E-state index contributed by atoms with van der Waals surface area (Å²) in [5.74, 6) is 5.64. The molecule has 2 heterocycles. The summed E-state index contributed by atoms with van der Waals surface area (Å²) in [4.78, 5) is 6.86. The molecule has 0 aliphatic carbocycles. The highest BCUT2D eigenvalue weighted by Gasteiger charge is 2.17. The van der Waals surface area contributed by atoms with Gasteiger partial charge in [0.05, 0.1) is 21.1 Å². The highest BCUT2D eigenvalue weighted by atomic mass is 35.5. The molecule has 0 amide bonds. The summed E-state index contributed by atoms with van der Waals surface area (Å²) in [6.45, 7) is 4.03. The minimum atomic E-state index is 0.107. The fourth-order valence-electron chi connectivity index (χ4n) is 1.76. The number of thiazole rings is 1. The van der Waals surface area contributed by atoms with Crippen molar-refractivity contribution in [2.45, 2.75) is 26.3 Å². The van der Waals surface area contributed by atoms with E-state index in [1.807, 2.05) is 26.0 Å². The number of aryl methyl sites for hydroxylation is 2. The first kappa shape index (κ1) is 13.0. The minimum absolute atomic E-state index is 0.107. The normalized spacial score (nSPS) is 12.9. The number of hydrogen-bond acceptors (Lipinski definition) is 5. The minimum Gasteiger partial charge on any atom is -0.271 e. The lowest BCUT2D eigenvalue weighted by atomic mass is 10.1. The molecule has 0 fully saturated rings. The predicted octanol–water partition coefficient (Wildman–Crippen LogP) is 3.22. The van der Waals surface area contributed by atoms with E-state index in [1.54, 1.807) is 22.7 Å². The Labute approximate surface area is 114 Å². The van der Waals surface area contributed by atoms with Crippen molar-refractivity contribution in [2.75, 3.05) is 0 Å². The Morgan fingerprint density at radius 1 is 1.41 bits per heavy atom. The summed E-state index contributed by atoms with van der Waals surface area (Å²) in [6.07, 6.45) is 0.844. The second-order valence-electron chi connectivity index (χ2n) is 3.81. The van der Waals surface area contributed by atoms with E-state index in [1.165, 1.54) is 9.75 Å². The molecule has 2 rings (SSSR count). The molecule has 0 radical (unpaired) electrons. The van der Waals surface area contributed by atoms with Gasteiger partial charge in [0.1, 0.15) is 0 Å². The summed E-state index contributed by atoms with van der Waals surface area (Å²) in [7, 11) is 0. The average molecular weight is 288 g/mol. The van der Waals surface area contributed by atoms with Crippen molar-refractivity contribution in [2.24, 2.45) is 5.84 Å². The van der Waals surface area contributed by atoms with E-state index in [9.17, 15) is 0 Å². The van der Waals surface area contributed by atoms with Crippen LogP contribution in [0.3, 0.4) is 0 Å². The summed E-state index contributed by atoms with van der Waals surface area (Å²) in [5.41, 5.74) is 3.92. The number of rotatable bonds is 4. The molecule has 0 spiro atoms. The largest absolute Gasteiger partial charge is 0.271 e. The number of aromatic nitrogens is 1. The van der Waals surface area contributed by atoms with Crippen LogP contribution in [0, 0.1) is 13.8 Å². The fraction of sp³-hybridized carbons (Fsp3) is 0.364. The monoisotopic (exact) mass is 287 g/mol. The molecule has 0 aliphatic heterocycles. The van der Waals surface area contributed by atoms with Crippen molar-refractivity contribution < 1.29 is 0 Å². The Balaban J connectivity index is 2.19. The Morgan fingerprint density at radius 2 is 2.18 bits per heavy atom. The van der Waals surface area contributed by atoms with E-state index in [-0.39, 0.29) is 6.04 Å². The van der Waals surface area contributed by atoms with Gasteiger partial charge in [0, 0.05) is 16.2 Å². The third-order valence-electron chi connectivity index (χ3n) is 2.49. The molecule has 6 heteroatoms. The van der Waals surface area contributed by atoms with Gasteiger partial charge >= 0.3 is 0 Å². The van der Waals surface area contributed by atoms with E-state index in [0.29, 0.717) is 0 Å². The van der Waals surface area contributed by atoms with Crippen LogP contribution in [0.25, 0.3) is 0 Å². The first-order chi connectivity index (χ1) is 8.10. The Kier molecular flexibility index (Phi) is 4.17. The van der Waals surface area contributed by atoms with Crippen molar-refractivity contribution in [3.63, 3.8) is 0 Å². The Bertz CT molecular complexity index is 507. The fourth-order valence-corrected chi connectivity index (χ4v) is 3.88. The summed E-state index contributed by atoms with van der Waals surface area (Å²) in [5, 5.41) is 1.07. The van der Waals surface area contributed by atoms with E-state index in [2.05, 4.69) is 10.4 Å². The molecule has 0 saturated carbocycles. The second-order valence-corrected chi connectivity index (χ2v) is 6.85. The summed E-state index contributed by atoms with van der Waals surface area (Å²) < 4.78 is 0.813. The van der Waals surface area contributed by atoms with Gasteiger partial charge in [0.2, 0.25) is 0 Å². The van der Waals surface area contributed by atoms with Crippen LogP contribution in [0.15, 0.2) is 12.1 Å². The zero-order valence-electron chi connectivity index (χ0n) is 9.66. The van der Waals surface area contributed by atoms with Gasteiger partial charge in [-0.25, -0.2) is 4.98 Å². The molecule has 1 atom stereocenters. The highest BCUT2D eigenvalue weighted by Crippen LogP contribution is 2.30. The van der Waals surface area contributed by atoms with E-state index < -0.39 is 0 Å². The number of halogens is 1. The third-order valence-corrected chi connectivity index (χ3v) is 4.93. The molecule has 0 bridgehead atoms. The molecule has 17 heavy (non-hydrogen) atoms. The molecular weight excluding hydrogens is 274 g/mol. The molecule has 2 aromatic rings. The van der Waals surface area contributed by atoms with Gasteiger partial charge in [-0.3, -0.25) is 11.3 Å². The molecule has 0 aromatic carbocycles. The van der Waals surface area contributed by atoms with Gasteiger partial charge in [-0.2, -0.15) is 0 Å². The predicted molar refractivity (Wildman–Crippen MR) is 74.7 cm³/mol. The van der Waals surface area contributed by atoms with Gasteiger partial charge in [-0.05, 0) is 26.0 Å². The maximum atomic E-state index is 5.93. The van der Waals surface area contributed by atoms with Crippen molar-refractivity contribution >= 4 is 34.3 Å². The van der Waals surface area contributed by atoms with Gasteiger partial charge in [-0.15, -0.1) is 22.7 Å². The van der Waals surface area contributed by atoms with Crippen LogP contribution in [0.2, 0.25) is 4.34 Å². The quantitative estimate of drug-likeness (QED) is 0.670. The second kappa shape index (κ2) is 5.46. The highest BCUT2D eigenvalue weighted by molar-refractivity contribution is 7.16. The van der Waals surface area contributed by atoms with Crippen LogP contribution in [0.5, 0.6) is 0 Å². The Hall–Kier alpha value is -0.460. The smallest absolute Gasteiger partial charge is 0.0931 e. The lowest BCUT2D eigenvalue weighted by molar-refractivity contribution is 0.561. The van der Waals surface area contributed by atoms with Crippen molar-refractivity contribution in [1.29, 1.82) is 0 Å². The number of nitrogens with one attached hydrogen (secondary N) is 1. The van der Waals surface area contributed by atoms with Gasteiger partial charge in [0.25, 0.3) is 0 Å². The molecule has 3 nitrogen and oxygen atoms in total. The molecule has 92 valence electrons. The van der Waals surface area contributed by atoms with Crippen molar-refractivity contribution in [1.82, 2.24) is 10.4 Å². The topological polar surface area (TPSA) is 50.9 Å². The molecule has 1 unspecified atom stereocenters. The van der Waals surface area contributed by atoms with Gasteiger partial charge in [-0.1, -0.05) is 11.6 Å². The third kappa shape index (κ3) is 3.05. The molecular formula is C11H14ClN3S2. The standard InChI is InChI=1S/C11H14ClN3S2/c1-6-11(16-7(2)14-6)9(15-13)5-8-3-4-10(12)17-8/h3-4,9,15H,5,13H2,1-2H3. The molecule has 3 N–H and O–H groups in total. The number of nitrogens with two attached hydrogens (primary N) is 1. The van der Waals surface area contributed by atoms with E-state index in [4.69, 9.17) is 17.4 Å². The Morgan fingerprint density at radius 3 is 2.65 bits per heavy atom. The van der Waals surface area contributed by atoms with Gasteiger partial charge in [0.15, 0.2) is 0 Å². The lowest BCUT2D eigenvalue weighted by Gasteiger charge is -2.13. The van der Waals surface area contributed by atoms with Crippen LogP contribution in [0.1, 0.15) is 26.5 Å². The van der Waals surface area contributed by atoms with Crippen molar-refractivity contribution in [3.8, 4) is 0 Å². The zero-order chi connectivity index (χ0) is 12.4. The molecule has 0 saturated heterocycles. The van der Waals surface area contributed by atoms with Crippen LogP contribution >= 0.6 is 34.3 Å². The summed E-state index contributed by atoms with van der Waals surface area (Å²) >= 11 is 9.21. The van der Waals surface area contributed by atoms with Crippen molar-refractivity contribution in [3.05, 3.63) is 36.9 Å². The number of nitrogens with zero attached hydrogens (tertiary/aromatic N) is 1. The number of hydrazine groups is 1. The van der Waals surface area contributed by atoms with Gasteiger partial charge < -0.3 is 0 Å². The number of hydrogen-bond donors (Lipinski definition) is 2. The zero-order valence-corrected chi connectivity index (χ0v) is 12.0.